The lowest BCUT2D eigenvalue weighted by molar-refractivity contribution is 0.102. The Morgan fingerprint density at radius 2 is 1.87 bits per heavy atom. The molecule has 0 saturated carbocycles. The molecule has 7 nitrogen and oxygen atoms in total. The fourth-order valence-electron chi connectivity index (χ4n) is 3.10. The van der Waals surface area contributed by atoms with Crippen molar-refractivity contribution in [2.24, 2.45) is 0 Å². The van der Waals surface area contributed by atoms with E-state index in [-0.39, 0.29) is 18.5 Å². The van der Waals surface area contributed by atoms with E-state index in [0.29, 0.717) is 11.3 Å². The number of benzene rings is 1. The molecule has 0 unspecified atom stereocenters. The number of anilines is 1. The van der Waals surface area contributed by atoms with Crippen LogP contribution < -0.4 is 10.1 Å². The highest BCUT2D eigenvalue weighted by molar-refractivity contribution is 6.04. The molecular formula is C22H20FN5O2. The second-order valence-corrected chi connectivity index (χ2v) is 6.77. The summed E-state index contributed by atoms with van der Waals surface area (Å²) in [5.74, 6) is -0.733. The van der Waals surface area contributed by atoms with Gasteiger partial charge in [0.1, 0.15) is 12.3 Å². The van der Waals surface area contributed by atoms with Crippen LogP contribution in [-0.2, 0) is 13.0 Å². The normalized spacial score (nSPS) is 10.9. The van der Waals surface area contributed by atoms with Crippen LogP contribution in [0.1, 0.15) is 34.2 Å². The first-order valence-corrected chi connectivity index (χ1v) is 9.51. The van der Waals surface area contributed by atoms with Gasteiger partial charge in [-0.2, -0.15) is 0 Å². The lowest BCUT2D eigenvalue weighted by Crippen LogP contribution is -2.12. The molecule has 152 valence electrons. The van der Waals surface area contributed by atoms with E-state index in [9.17, 15) is 9.18 Å². The Morgan fingerprint density at radius 1 is 1.13 bits per heavy atom. The van der Waals surface area contributed by atoms with Crippen LogP contribution in [-0.4, -0.2) is 25.3 Å². The van der Waals surface area contributed by atoms with Crippen molar-refractivity contribution in [1.29, 1.82) is 0 Å². The number of aryl methyl sites for hydroxylation is 2. The molecule has 1 N–H and O–H groups in total. The molecule has 1 amide bonds. The van der Waals surface area contributed by atoms with E-state index in [1.54, 1.807) is 24.3 Å². The van der Waals surface area contributed by atoms with Gasteiger partial charge in [0.2, 0.25) is 0 Å². The Kier molecular flexibility index (Phi) is 5.38. The summed E-state index contributed by atoms with van der Waals surface area (Å²) in [7, 11) is 0. The van der Waals surface area contributed by atoms with Crippen molar-refractivity contribution in [3.05, 3.63) is 83.3 Å². The smallest absolute Gasteiger partial charge is 0.316 e. The molecule has 4 rings (SSSR count). The zero-order chi connectivity index (χ0) is 21.1. The monoisotopic (exact) mass is 405 g/mol. The molecule has 0 aliphatic rings. The number of halogens is 1. The summed E-state index contributed by atoms with van der Waals surface area (Å²) in [6.07, 6.45) is 4.82. The molecule has 30 heavy (non-hydrogen) atoms. The number of imidazole rings is 1. The summed E-state index contributed by atoms with van der Waals surface area (Å²) in [6, 6.07) is 10.8. The van der Waals surface area contributed by atoms with Crippen LogP contribution in [0.3, 0.4) is 0 Å². The molecule has 0 spiro atoms. The average Bonchev–Trinajstić information content (AvgIpc) is 3.09. The summed E-state index contributed by atoms with van der Waals surface area (Å²) < 4.78 is 20.2. The number of hydrogen-bond acceptors (Lipinski definition) is 5. The standard InChI is InChI=1S/C22H20FN5O2/c1-3-19-14(2)28-12-18(8-9-20(28)27-19)26-21(29)16-6-4-15(5-7-16)13-30-22-24-10-17(23)11-25-22/h4-12H,3,13H2,1-2H3,(H,26,29). The minimum atomic E-state index is -0.522. The van der Waals surface area contributed by atoms with Crippen LogP contribution >= 0.6 is 0 Å². The van der Waals surface area contributed by atoms with Crippen molar-refractivity contribution in [2.45, 2.75) is 26.9 Å². The largest absolute Gasteiger partial charge is 0.459 e. The van der Waals surface area contributed by atoms with Gasteiger partial charge in [-0.25, -0.2) is 19.3 Å². The first-order valence-electron chi connectivity index (χ1n) is 9.51. The number of ether oxygens (including phenoxy) is 1. The molecule has 0 fully saturated rings. The molecule has 1 aromatic carbocycles. The number of nitrogens with one attached hydrogen (secondary N) is 1. The fraction of sp³-hybridized carbons (Fsp3) is 0.182. The van der Waals surface area contributed by atoms with Gasteiger partial charge in [-0.05, 0) is 43.2 Å². The number of pyridine rings is 1. The Morgan fingerprint density at radius 3 is 2.57 bits per heavy atom. The highest BCUT2D eigenvalue weighted by Gasteiger charge is 2.10. The van der Waals surface area contributed by atoms with E-state index in [1.165, 1.54) is 0 Å². The van der Waals surface area contributed by atoms with Gasteiger partial charge in [0.05, 0.1) is 23.8 Å². The van der Waals surface area contributed by atoms with Crippen LogP contribution in [0.15, 0.2) is 55.0 Å². The van der Waals surface area contributed by atoms with Crippen molar-refractivity contribution < 1.29 is 13.9 Å². The molecule has 0 aliphatic carbocycles. The Labute approximate surface area is 172 Å². The molecule has 3 heterocycles. The number of hydrogen-bond donors (Lipinski definition) is 1. The maximum absolute atomic E-state index is 12.8. The van der Waals surface area contributed by atoms with Gasteiger partial charge in [-0.1, -0.05) is 19.1 Å². The van der Waals surface area contributed by atoms with Crippen molar-refractivity contribution in [2.75, 3.05) is 5.32 Å². The molecule has 0 aliphatic heterocycles. The van der Waals surface area contributed by atoms with E-state index in [0.717, 1.165) is 41.4 Å². The highest BCUT2D eigenvalue weighted by Crippen LogP contribution is 2.17. The van der Waals surface area contributed by atoms with Gasteiger partial charge in [0.25, 0.3) is 5.91 Å². The van der Waals surface area contributed by atoms with Crippen LogP contribution in [0.25, 0.3) is 5.65 Å². The second-order valence-electron chi connectivity index (χ2n) is 6.77. The molecule has 0 atom stereocenters. The molecule has 4 aromatic rings. The van der Waals surface area contributed by atoms with Gasteiger partial charge < -0.3 is 14.5 Å². The summed E-state index contributed by atoms with van der Waals surface area (Å²) in [4.78, 5) is 24.7. The number of nitrogens with zero attached hydrogens (tertiary/aromatic N) is 4. The molecule has 8 heteroatoms. The van der Waals surface area contributed by atoms with Crippen molar-refractivity contribution in [3.63, 3.8) is 0 Å². The number of aromatic nitrogens is 4. The van der Waals surface area contributed by atoms with Crippen molar-refractivity contribution >= 4 is 17.2 Å². The molecule has 0 bridgehead atoms. The van der Waals surface area contributed by atoms with Crippen LogP contribution in [0.4, 0.5) is 10.1 Å². The molecule has 0 saturated heterocycles. The van der Waals surface area contributed by atoms with E-state index in [2.05, 4.69) is 27.2 Å². The average molecular weight is 405 g/mol. The topological polar surface area (TPSA) is 81.4 Å². The van der Waals surface area contributed by atoms with Crippen LogP contribution in [0.5, 0.6) is 6.01 Å². The number of carbonyl (C=O) groups is 1. The lowest BCUT2D eigenvalue weighted by Gasteiger charge is -2.08. The van der Waals surface area contributed by atoms with E-state index >= 15 is 0 Å². The third kappa shape index (κ3) is 4.12. The Bertz CT molecular complexity index is 1190. The van der Waals surface area contributed by atoms with Gasteiger partial charge in [0, 0.05) is 17.5 Å². The first kappa shape index (κ1) is 19.5. The maximum Gasteiger partial charge on any atom is 0.316 e. The fourth-order valence-corrected chi connectivity index (χ4v) is 3.10. The zero-order valence-corrected chi connectivity index (χ0v) is 16.6. The third-order valence-electron chi connectivity index (χ3n) is 4.73. The highest BCUT2D eigenvalue weighted by atomic mass is 19.1. The second kappa shape index (κ2) is 8.28. The maximum atomic E-state index is 12.8. The van der Waals surface area contributed by atoms with Gasteiger partial charge >= 0.3 is 6.01 Å². The minimum Gasteiger partial charge on any atom is -0.459 e. The van der Waals surface area contributed by atoms with Crippen LogP contribution in [0, 0.1) is 12.7 Å². The van der Waals surface area contributed by atoms with Crippen molar-refractivity contribution in [1.82, 2.24) is 19.4 Å². The number of fused-ring (bicyclic) bond motifs is 1. The number of rotatable bonds is 6. The molecular weight excluding hydrogens is 385 g/mol. The van der Waals surface area contributed by atoms with Gasteiger partial charge in [-0.3, -0.25) is 4.79 Å². The number of amides is 1. The predicted molar refractivity (Wildman–Crippen MR) is 110 cm³/mol. The summed E-state index contributed by atoms with van der Waals surface area (Å²) >= 11 is 0. The minimum absolute atomic E-state index is 0.0923. The lowest BCUT2D eigenvalue weighted by atomic mass is 10.1. The zero-order valence-electron chi connectivity index (χ0n) is 16.6. The quantitative estimate of drug-likeness (QED) is 0.525. The van der Waals surface area contributed by atoms with Gasteiger partial charge in [0.15, 0.2) is 5.82 Å². The van der Waals surface area contributed by atoms with Gasteiger partial charge in [-0.15, -0.1) is 0 Å². The Hall–Kier alpha value is -3.81. The first-order chi connectivity index (χ1) is 14.5. The summed E-state index contributed by atoms with van der Waals surface area (Å²) in [5.41, 5.74) is 5.02. The SMILES string of the molecule is CCc1nc2ccc(NC(=O)c3ccc(COc4ncc(F)cn4)cc3)cn2c1C. The summed E-state index contributed by atoms with van der Waals surface area (Å²) in [6.45, 7) is 4.30. The van der Waals surface area contributed by atoms with E-state index in [1.807, 2.05) is 29.7 Å². The predicted octanol–water partition coefficient (Wildman–Crippen LogP) is 3.97. The van der Waals surface area contributed by atoms with E-state index < -0.39 is 5.82 Å². The number of carbonyl (C=O) groups excluding carboxylic acids is 1. The summed E-state index contributed by atoms with van der Waals surface area (Å²) in [5, 5.41) is 2.91. The van der Waals surface area contributed by atoms with E-state index in [4.69, 9.17) is 4.74 Å². The van der Waals surface area contributed by atoms with Crippen molar-refractivity contribution in [3.8, 4) is 6.01 Å². The Balaban J connectivity index is 1.41. The molecule has 0 radical (unpaired) electrons. The third-order valence-corrected chi connectivity index (χ3v) is 4.73. The molecule has 3 aromatic heterocycles. The van der Waals surface area contributed by atoms with Crippen LogP contribution in [0.2, 0.25) is 0 Å².